The molecule has 156 valence electrons. The molecular weight excluding hydrogens is 396 g/mol. The number of amides is 1. The van der Waals surface area contributed by atoms with Crippen molar-refractivity contribution in [3.8, 4) is 0 Å². The number of anilines is 1. The third-order valence-corrected chi connectivity index (χ3v) is 5.81. The summed E-state index contributed by atoms with van der Waals surface area (Å²) in [5, 5.41) is 1.62. The molecule has 1 aliphatic heterocycles. The number of carbonyl (C=O) groups excluding carboxylic acids is 1. The van der Waals surface area contributed by atoms with Crippen LogP contribution >= 0.6 is 11.6 Å². The van der Waals surface area contributed by atoms with Gasteiger partial charge in [0.15, 0.2) is 0 Å². The van der Waals surface area contributed by atoms with E-state index in [4.69, 9.17) is 16.6 Å². The van der Waals surface area contributed by atoms with Gasteiger partial charge in [-0.2, -0.15) is 0 Å². The Kier molecular flexibility index (Phi) is 6.48. The maximum Gasteiger partial charge on any atom is 0.224 e. The number of aryl methyl sites for hydroxylation is 1. The van der Waals surface area contributed by atoms with Crippen molar-refractivity contribution in [2.24, 2.45) is 0 Å². The molecule has 0 N–H and O–H groups in total. The fraction of sp³-hybridized carbons (Fsp3) is 0.375. The van der Waals surface area contributed by atoms with E-state index in [9.17, 15) is 4.79 Å². The van der Waals surface area contributed by atoms with E-state index >= 15 is 0 Å². The SMILES string of the molecule is CCc1nc(N(CCC(=O)N2CCCC2)Cc2ccccc2)c2ccc(Cl)cc2n1. The van der Waals surface area contributed by atoms with E-state index in [-0.39, 0.29) is 5.91 Å². The van der Waals surface area contributed by atoms with Crippen LogP contribution in [0.5, 0.6) is 0 Å². The summed E-state index contributed by atoms with van der Waals surface area (Å²) in [5.74, 6) is 1.87. The zero-order valence-corrected chi connectivity index (χ0v) is 18.1. The Morgan fingerprint density at radius 2 is 1.87 bits per heavy atom. The van der Waals surface area contributed by atoms with Crippen molar-refractivity contribution in [2.75, 3.05) is 24.5 Å². The first-order valence-electron chi connectivity index (χ1n) is 10.7. The van der Waals surface area contributed by atoms with Crippen LogP contribution in [0.4, 0.5) is 5.82 Å². The van der Waals surface area contributed by atoms with Crippen molar-refractivity contribution in [1.29, 1.82) is 0 Å². The first-order valence-corrected chi connectivity index (χ1v) is 11.0. The number of fused-ring (bicyclic) bond motifs is 1. The summed E-state index contributed by atoms with van der Waals surface area (Å²) >= 11 is 6.23. The van der Waals surface area contributed by atoms with Crippen LogP contribution in [0.3, 0.4) is 0 Å². The average molecular weight is 423 g/mol. The molecule has 1 amide bonds. The predicted molar refractivity (Wildman–Crippen MR) is 122 cm³/mol. The maximum atomic E-state index is 12.7. The fourth-order valence-corrected chi connectivity index (χ4v) is 4.12. The van der Waals surface area contributed by atoms with Gasteiger partial charge in [0.2, 0.25) is 5.91 Å². The highest BCUT2D eigenvalue weighted by molar-refractivity contribution is 6.31. The lowest BCUT2D eigenvalue weighted by molar-refractivity contribution is -0.129. The summed E-state index contributed by atoms with van der Waals surface area (Å²) in [4.78, 5) is 26.4. The molecule has 0 spiro atoms. The molecule has 1 aliphatic rings. The van der Waals surface area contributed by atoms with Gasteiger partial charge < -0.3 is 9.80 Å². The van der Waals surface area contributed by atoms with Crippen molar-refractivity contribution in [3.05, 3.63) is 64.9 Å². The Hall–Kier alpha value is -2.66. The lowest BCUT2D eigenvalue weighted by Crippen LogP contribution is -2.33. The number of benzene rings is 2. The van der Waals surface area contributed by atoms with Gasteiger partial charge in [-0.3, -0.25) is 4.79 Å². The van der Waals surface area contributed by atoms with E-state index in [1.807, 2.05) is 48.2 Å². The molecule has 5 nitrogen and oxygen atoms in total. The second kappa shape index (κ2) is 9.43. The number of halogens is 1. The molecule has 6 heteroatoms. The van der Waals surface area contributed by atoms with Crippen LogP contribution in [-0.2, 0) is 17.8 Å². The van der Waals surface area contributed by atoms with Gasteiger partial charge in [0.05, 0.1) is 5.52 Å². The second-order valence-electron chi connectivity index (χ2n) is 7.72. The fourth-order valence-electron chi connectivity index (χ4n) is 3.95. The summed E-state index contributed by atoms with van der Waals surface area (Å²) in [7, 11) is 0. The molecule has 4 rings (SSSR count). The average Bonchev–Trinajstić information content (AvgIpc) is 3.31. The molecular formula is C24H27ClN4O. The molecule has 0 unspecified atom stereocenters. The van der Waals surface area contributed by atoms with Crippen molar-refractivity contribution in [2.45, 2.75) is 39.2 Å². The van der Waals surface area contributed by atoms with Gasteiger partial charge in [-0.1, -0.05) is 48.9 Å². The van der Waals surface area contributed by atoms with Crippen LogP contribution in [0.1, 0.15) is 37.6 Å². The van der Waals surface area contributed by atoms with Gasteiger partial charge in [-0.05, 0) is 36.6 Å². The molecule has 0 bridgehead atoms. The van der Waals surface area contributed by atoms with E-state index < -0.39 is 0 Å². The van der Waals surface area contributed by atoms with Gasteiger partial charge in [-0.15, -0.1) is 0 Å². The Labute approximate surface area is 182 Å². The van der Waals surface area contributed by atoms with E-state index in [0.29, 0.717) is 24.5 Å². The molecule has 0 saturated carbocycles. The normalized spacial score (nSPS) is 13.7. The minimum Gasteiger partial charge on any atom is -0.351 e. The molecule has 1 fully saturated rings. The molecule has 2 aromatic carbocycles. The zero-order chi connectivity index (χ0) is 20.9. The van der Waals surface area contributed by atoms with Gasteiger partial charge in [0.25, 0.3) is 0 Å². The first kappa shape index (κ1) is 20.6. The summed E-state index contributed by atoms with van der Waals surface area (Å²) in [6, 6.07) is 16.0. The van der Waals surface area contributed by atoms with Crippen LogP contribution in [0.2, 0.25) is 5.02 Å². The van der Waals surface area contributed by atoms with Gasteiger partial charge in [-0.25, -0.2) is 9.97 Å². The molecule has 2 heterocycles. The number of likely N-dealkylation sites (tertiary alicyclic amines) is 1. The molecule has 0 radical (unpaired) electrons. The highest BCUT2D eigenvalue weighted by atomic mass is 35.5. The maximum absolute atomic E-state index is 12.7. The third kappa shape index (κ3) is 4.73. The third-order valence-electron chi connectivity index (χ3n) is 5.57. The highest BCUT2D eigenvalue weighted by Gasteiger charge is 2.21. The highest BCUT2D eigenvalue weighted by Crippen LogP contribution is 2.28. The van der Waals surface area contributed by atoms with E-state index in [1.165, 1.54) is 5.56 Å². The molecule has 0 atom stereocenters. The van der Waals surface area contributed by atoms with E-state index in [2.05, 4.69) is 22.0 Å². The quantitative estimate of drug-likeness (QED) is 0.545. The van der Waals surface area contributed by atoms with E-state index in [1.54, 1.807) is 0 Å². The van der Waals surface area contributed by atoms with Crippen LogP contribution in [0, 0.1) is 0 Å². The topological polar surface area (TPSA) is 49.3 Å². The smallest absolute Gasteiger partial charge is 0.224 e. The number of hydrogen-bond donors (Lipinski definition) is 0. The molecule has 1 saturated heterocycles. The summed E-state index contributed by atoms with van der Waals surface area (Å²) in [6.07, 6.45) is 3.43. The van der Waals surface area contributed by atoms with Crippen LogP contribution in [0.25, 0.3) is 10.9 Å². The van der Waals surface area contributed by atoms with Gasteiger partial charge in [0, 0.05) is 49.4 Å². The van der Waals surface area contributed by atoms with Crippen LogP contribution in [0.15, 0.2) is 48.5 Å². The van der Waals surface area contributed by atoms with Gasteiger partial charge in [0.1, 0.15) is 11.6 Å². The number of nitrogens with zero attached hydrogens (tertiary/aromatic N) is 4. The van der Waals surface area contributed by atoms with E-state index in [0.717, 1.165) is 54.9 Å². The summed E-state index contributed by atoms with van der Waals surface area (Å²) < 4.78 is 0. The monoisotopic (exact) mass is 422 g/mol. The van der Waals surface area contributed by atoms with Gasteiger partial charge >= 0.3 is 0 Å². The first-order chi connectivity index (χ1) is 14.6. The Morgan fingerprint density at radius 3 is 2.60 bits per heavy atom. The lowest BCUT2D eigenvalue weighted by atomic mass is 10.1. The molecule has 3 aromatic rings. The van der Waals surface area contributed by atoms with Crippen molar-refractivity contribution in [1.82, 2.24) is 14.9 Å². The van der Waals surface area contributed by atoms with Crippen molar-refractivity contribution < 1.29 is 4.79 Å². The summed E-state index contributed by atoms with van der Waals surface area (Å²) in [6.45, 7) is 5.11. The number of carbonyl (C=O) groups is 1. The minimum absolute atomic E-state index is 0.225. The van der Waals surface area contributed by atoms with Crippen LogP contribution in [-0.4, -0.2) is 40.4 Å². The van der Waals surface area contributed by atoms with Crippen molar-refractivity contribution >= 4 is 34.2 Å². The predicted octanol–water partition coefficient (Wildman–Crippen LogP) is 4.86. The molecule has 30 heavy (non-hydrogen) atoms. The minimum atomic E-state index is 0.225. The summed E-state index contributed by atoms with van der Waals surface area (Å²) in [5.41, 5.74) is 2.03. The molecule has 1 aromatic heterocycles. The Bertz CT molecular complexity index is 1020. The number of rotatable bonds is 7. The van der Waals surface area contributed by atoms with Crippen LogP contribution < -0.4 is 4.90 Å². The number of hydrogen-bond acceptors (Lipinski definition) is 4. The number of aromatic nitrogens is 2. The van der Waals surface area contributed by atoms with Crippen molar-refractivity contribution in [3.63, 3.8) is 0 Å². The Morgan fingerprint density at radius 1 is 1.10 bits per heavy atom. The largest absolute Gasteiger partial charge is 0.351 e. The standard InChI is InChI=1S/C24H27ClN4O/c1-2-22-26-21-16-19(25)10-11-20(21)24(27-22)29(17-18-8-4-3-5-9-18)15-12-23(30)28-13-6-7-14-28/h3-5,8-11,16H,2,6-7,12-15,17H2,1H3. The Balaban J connectivity index is 1.68. The molecule has 0 aliphatic carbocycles. The lowest BCUT2D eigenvalue weighted by Gasteiger charge is -2.26. The zero-order valence-electron chi connectivity index (χ0n) is 17.4. The second-order valence-corrected chi connectivity index (χ2v) is 8.16.